The molecular formula is C21H40. The van der Waals surface area contributed by atoms with E-state index in [1.165, 1.54) is 68.9 Å². The molecule has 1 atom stereocenters. The normalized spacial score (nSPS) is 17.0. The van der Waals surface area contributed by atoms with Crippen molar-refractivity contribution in [1.82, 2.24) is 0 Å². The number of rotatable bonds is 7. The van der Waals surface area contributed by atoms with Crippen molar-refractivity contribution in [2.24, 2.45) is 17.8 Å². The third kappa shape index (κ3) is 14.2. The summed E-state index contributed by atoms with van der Waals surface area (Å²) in [6.45, 7) is 19.0. The van der Waals surface area contributed by atoms with E-state index in [1.807, 2.05) is 0 Å². The minimum absolute atomic E-state index is 0.843. The molecule has 1 fully saturated rings. The van der Waals surface area contributed by atoms with E-state index in [0.29, 0.717) is 0 Å². The monoisotopic (exact) mass is 292 g/mol. The van der Waals surface area contributed by atoms with Crippen LogP contribution in [0.25, 0.3) is 0 Å². The molecule has 0 bridgehead atoms. The lowest BCUT2D eigenvalue weighted by molar-refractivity contribution is 0.356. The quantitative estimate of drug-likeness (QED) is 0.425. The highest BCUT2D eigenvalue weighted by Gasteiger charge is 2.12. The van der Waals surface area contributed by atoms with Crippen molar-refractivity contribution in [2.75, 3.05) is 0 Å². The van der Waals surface area contributed by atoms with Crippen molar-refractivity contribution >= 4 is 0 Å². The average Bonchev–Trinajstić information content (AvgIpc) is 2.37. The SMILES string of the molecule is C=C(C)CC1CCCCC1.C=C(C)CCC(C)CC(C)C. The van der Waals surface area contributed by atoms with E-state index in [2.05, 4.69) is 47.8 Å². The van der Waals surface area contributed by atoms with Gasteiger partial charge in [0.2, 0.25) is 0 Å². The van der Waals surface area contributed by atoms with Crippen molar-refractivity contribution in [3.05, 3.63) is 24.3 Å². The molecule has 0 heterocycles. The summed E-state index contributed by atoms with van der Waals surface area (Å²) in [6, 6.07) is 0. The molecular weight excluding hydrogens is 252 g/mol. The summed E-state index contributed by atoms with van der Waals surface area (Å²) in [6.07, 6.45) is 12.4. The summed E-state index contributed by atoms with van der Waals surface area (Å²) in [7, 11) is 0. The molecule has 0 nitrogen and oxygen atoms in total. The van der Waals surface area contributed by atoms with Crippen molar-refractivity contribution in [3.8, 4) is 0 Å². The Kier molecular flexibility index (Phi) is 11.8. The fraction of sp³-hybridized carbons (Fsp3) is 0.810. The van der Waals surface area contributed by atoms with Crippen molar-refractivity contribution in [3.63, 3.8) is 0 Å². The Morgan fingerprint density at radius 1 is 0.952 bits per heavy atom. The zero-order valence-corrected chi connectivity index (χ0v) is 15.5. The summed E-state index contributed by atoms with van der Waals surface area (Å²) in [5.41, 5.74) is 2.69. The molecule has 0 heteroatoms. The summed E-state index contributed by atoms with van der Waals surface area (Å²) in [5.74, 6) is 2.69. The molecule has 0 aromatic rings. The van der Waals surface area contributed by atoms with Crippen molar-refractivity contribution in [2.45, 2.75) is 92.4 Å². The highest BCUT2D eigenvalue weighted by molar-refractivity contribution is 4.91. The summed E-state index contributed by atoms with van der Waals surface area (Å²) < 4.78 is 0. The smallest absolute Gasteiger partial charge is 0.0297 e. The van der Waals surface area contributed by atoms with E-state index in [9.17, 15) is 0 Å². The van der Waals surface area contributed by atoms with Gasteiger partial charge >= 0.3 is 0 Å². The van der Waals surface area contributed by atoms with Gasteiger partial charge in [-0.1, -0.05) is 64.0 Å². The molecule has 124 valence electrons. The summed E-state index contributed by atoms with van der Waals surface area (Å²) in [4.78, 5) is 0. The van der Waals surface area contributed by atoms with Gasteiger partial charge < -0.3 is 0 Å². The van der Waals surface area contributed by atoms with Crippen LogP contribution in [0.3, 0.4) is 0 Å². The molecule has 0 N–H and O–H groups in total. The van der Waals surface area contributed by atoms with Gasteiger partial charge in [-0.05, 0) is 57.3 Å². The third-order valence-corrected chi connectivity index (χ3v) is 4.30. The first-order chi connectivity index (χ1) is 9.81. The van der Waals surface area contributed by atoms with E-state index in [1.54, 1.807) is 0 Å². The molecule has 0 amide bonds. The maximum Gasteiger partial charge on any atom is -0.0297 e. The number of allylic oxidation sites excluding steroid dienone is 2. The molecule has 0 spiro atoms. The van der Waals surface area contributed by atoms with Crippen molar-refractivity contribution < 1.29 is 0 Å². The Morgan fingerprint density at radius 3 is 1.95 bits per heavy atom. The van der Waals surface area contributed by atoms with Gasteiger partial charge in [0.1, 0.15) is 0 Å². The fourth-order valence-electron chi connectivity index (χ4n) is 3.30. The van der Waals surface area contributed by atoms with Crippen LogP contribution in [0.2, 0.25) is 0 Å². The Labute approximate surface area is 135 Å². The first-order valence-corrected chi connectivity index (χ1v) is 9.10. The highest BCUT2D eigenvalue weighted by Crippen LogP contribution is 2.28. The van der Waals surface area contributed by atoms with Gasteiger partial charge in [0.25, 0.3) is 0 Å². The van der Waals surface area contributed by atoms with Crippen LogP contribution in [0.4, 0.5) is 0 Å². The van der Waals surface area contributed by atoms with Gasteiger partial charge in [0.15, 0.2) is 0 Å². The van der Waals surface area contributed by atoms with Gasteiger partial charge in [-0.25, -0.2) is 0 Å². The maximum absolute atomic E-state index is 3.95. The lowest BCUT2D eigenvalue weighted by Gasteiger charge is -2.21. The molecule has 0 radical (unpaired) electrons. The molecule has 21 heavy (non-hydrogen) atoms. The third-order valence-electron chi connectivity index (χ3n) is 4.30. The van der Waals surface area contributed by atoms with Gasteiger partial charge in [0, 0.05) is 0 Å². The summed E-state index contributed by atoms with van der Waals surface area (Å²) >= 11 is 0. The largest absolute Gasteiger partial charge is 0.100 e. The van der Waals surface area contributed by atoms with Crippen LogP contribution < -0.4 is 0 Å². The minimum atomic E-state index is 0.843. The predicted octanol–water partition coefficient (Wildman–Crippen LogP) is 7.56. The average molecular weight is 293 g/mol. The molecule has 1 saturated carbocycles. The fourth-order valence-corrected chi connectivity index (χ4v) is 3.30. The van der Waals surface area contributed by atoms with Crippen LogP contribution in [0.5, 0.6) is 0 Å². The second-order valence-corrected chi connectivity index (χ2v) is 7.90. The minimum Gasteiger partial charge on any atom is -0.100 e. The highest BCUT2D eigenvalue weighted by atomic mass is 14.2. The van der Waals surface area contributed by atoms with E-state index >= 15 is 0 Å². The van der Waals surface area contributed by atoms with Crippen LogP contribution in [-0.2, 0) is 0 Å². The summed E-state index contributed by atoms with van der Waals surface area (Å²) in [5, 5.41) is 0. The number of hydrogen-bond acceptors (Lipinski definition) is 0. The van der Waals surface area contributed by atoms with Crippen LogP contribution >= 0.6 is 0 Å². The zero-order valence-electron chi connectivity index (χ0n) is 15.5. The van der Waals surface area contributed by atoms with Crippen molar-refractivity contribution in [1.29, 1.82) is 0 Å². The molecule has 0 saturated heterocycles. The first-order valence-electron chi connectivity index (χ1n) is 9.10. The van der Waals surface area contributed by atoms with Gasteiger partial charge in [-0.3, -0.25) is 0 Å². The van der Waals surface area contributed by atoms with E-state index in [4.69, 9.17) is 0 Å². The standard InChI is InChI=1S/C11H22.C10H18/c1-9(2)6-7-11(5)8-10(3)4;1-9(2)8-10-6-4-3-5-7-10/h10-11H,1,6-8H2,2-5H3;10H,1,3-8H2,2H3. The molecule has 1 unspecified atom stereocenters. The van der Waals surface area contributed by atoms with E-state index < -0.39 is 0 Å². The lowest BCUT2D eigenvalue weighted by atomic mass is 9.85. The van der Waals surface area contributed by atoms with Gasteiger partial charge in [0.05, 0.1) is 0 Å². The Bertz CT molecular complexity index is 278. The van der Waals surface area contributed by atoms with Crippen LogP contribution in [-0.4, -0.2) is 0 Å². The van der Waals surface area contributed by atoms with Gasteiger partial charge in [-0.15, -0.1) is 13.2 Å². The Balaban J connectivity index is 0.000000382. The van der Waals surface area contributed by atoms with Crippen LogP contribution in [0.1, 0.15) is 92.4 Å². The predicted molar refractivity (Wildman–Crippen MR) is 98.7 cm³/mol. The maximum atomic E-state index is 3.95. The molecule has 1 aliphatic rings. The van der Waals surface area contributed by atoms with Gasteiger partial charge in [-0.2, -0.15) is 0 Å². The topological polar surface area (TPSA) is 0 Å². The second-order valence-electron chi connectivity index (χ2n) is 7.90. The molecule has 0 aliphatic heterocycles. The van der Waals surface area contributed by atoms with E-state index in [0.717, 1.165) is 17.8 Å². The second kappa shape index (κ2) is 12.1. The zero-order chi connectivity index (χ0) is 16.3. The van der Waals surface area contributed by atoms with Crippen LogP contribution in [0, 0.1) is 17.8 Å². The van der Waals surface area contributed by atoms with Crippen LogP contribution in [0.15, 0.2) is 24.3 Å². The molecule has 1 rings (SSSR count). The lowest BCUT2D eigenvalue weighted by Crippen LogP contribution is -2.05. The number of hydrogen-bond donors (Lipinski definition) is 0. The molecule has 0 aromatic carbocycles. The van der Waals surface area contributed by atoms with E-state index in [-0.39, 0.29) is 0 Å². The Hall–Kier alpha value is -0.520. The Morgan fingerprint density at radius 2 is 1.52 bits per heavy atom. The molecule has 1 aliphatic carbocycles. The first kappa shape index (κ1) is 20.5. The molecule has 0 aromatic heterocycles.